The fourth-order valence-electron chi connectivity index (χ4n) is 3.08. The molecule has 0 aromatic carbocycles. The molecule has 2 fully saturated rings. The molecule has 0 radical (unpaired) electrons. The van der Waals surface area contributed by atoms with E-state index in [9.17, 15) is 0 Å². The summed E-state index contributed by atoms with van der Waals surface area (Å²) in [6, 6.07) is 0. The molecule has 0 amide bonds. The van der Waals surface area contributed by atoms with E-state index in [4.69, 9.17) is 14.2 Å². The second kappa shape index (κ2) is 6.15. The van der Waals surface area contributed by atoms with E-state index in [-0.39, 0.29) is 12.4 Å². The maximum atomic E-state index is 6.09. The molecule has 2 saturated heterocycles. The fraction of sp³-hybridized carbons (Fsp3) is 0.857. The largest absolute Gasteiger partial charge is 0.370 e. The lowest BCUT2D eigenvalue weighted by Crippen LogP contribution is -3.15. The fourth-order valence-corrected chi connectivity index (χ4v) is 3.08. The standard InChI is InChI=1S/C14H23NO3/c1-2-4-12(5-3-1)14-17-11-13(18-14)10-15-6-8-16-9-7-15/h1-2,12-14H,3-11H2/p+1/t12-,13-,14-/m0/s1. The van der Waals surface area contributed by atoms with Gasteiger partial charge in [0.05, 0.1) is 19.8 Å². The molecule has 1 aliphatic carbocycles. The molecule has 1 N–H and O–H groups in total. The number of ether oxygens (including phenoxy) is 3. The minimum atomic E-state index is 0.0420. The third-order valence-corrected chi connectivity index (χ3v) is 4.18. The molecule has 0 saturated carbocycles. The molecule has 0 aromatic rings. The molecular weight excluding hydrogens is 230 g/mol. The van der Waals surface area contributed by atoms with Gasteiger partial charge in [0, 0.05) is 5.92 Å². The average molecular weight is 254 g/mol. The van der Waals surface area contributed by atoms with Crippen LogP contribution in [0.3, 0.4) is 0 Å². The molecule has 0 spiro atoms. The molecule has 0 unspecified atom stereocenters. The van der Waals surface area contributed by atoms with Crippen LogP contribution in [0.4, 0.5) is 0 Å². The van der Waals surface area contributed by atoms with E-state index in [1.807, 2.05) is 0 Å². The zero-order valence-electron chi connectivity index (χ0n) is 11.0. The van der Waals surface area contributed by atoms with E-state index in [1.165, 1.54) is 12.8 Å². The minimum Gasteiger partial charge on any atom is -0.370 e. The van der Waals surface area contributed by atoms with Crippen molar-refractivity contribution in [1.82, 2.24) is 0 Å². The molecule has 4 nitrogen and oxygen atoms in total. The highest BCUT2D eigenvalue weighted by atomic mass is 16.7. The highest BCUT2D eigenvalue weighted by Crippen LogP contribution is 2.28. The Hall–Kier alpha value is -0.420. The monoisotopic (exact) mass is 254 g/mol. The van der Waals surface area contributed by atoms with Gasteiger partial charge < -0.3 is 19.1 Å². The second-order valence-electron chi connectivity index (χ2n) is 5.57. The van der Waals surface area contributed by atoms with Crippen molar-refractivity contribution >= 4 is 0 Å². The number of hydrogen-bond acceptors (Lipinski definition) is 3. The van der Waals surface area contributed by atoms with Crippen molar-refractivity contribution in [3.63, 3.8) is 0 Å². The summed E-state index contributed by atoms with van der Waals surface area (Å²) < 4.78 is 17.3. The van der Waals surface area contributed by atoms with Gasteiger partial charge in [0.2, 0.25) is 0 Å². The quantitative estimate of drug-likeness (QED) is 0.720. The van der Waals surface area contributed by atoms with Gasteiger partial charge in [0.15, 0.2) is 6.29 Å². The van der Waals surface area contributed by atoms with Crippen LogP contribution in [0, 0.1) is 5.92 Å². The maximum absolute atomic E-state index is 6.09. The maximum Gasteiger partial charge on any atom is 0.161 e. The number of nitrogens with one attached hydrogen (secondary N) is 1. The van der Waals surface area contributed by atoms with E-state index in [1.54, 1.807) is 4.90 Å². The summed E-state index contributed by atoms with van der Waals surface area (Å²) in [5, 5.41) is 0. The molecular formula is C14H24NO3+. The van der Waals surface area contributed by atoms with Crippen LogP contribution in [0.2, 0.25) is 0 Å². The minimum absolute atomic E-state index is 0.0420. The van der Waals surface area contributed by atoms with Crippen molar-refractivity contribution in [1.29, 1.82) is 0 Å². The Kier molecular flexibility index (Phi) is 4.31. The summed E-state index contributed by atoms with van der Waals surface area (Å²) in [6.45, 7) is 5.84. The van der Waals surface area contributed by atoms with Crippen LogP contribution in [-0.4, -0.2) is 51.8 Å². The van der Waals surface area contributed by atoms with Gasteiger partial charge >= 0.3 is 0 Å². The zero-order chi connectivity index (χ0) is 12.2. The van der Waals surface area contributed by atoms with Crippen LogP contribution < -0.4 is 4.90 Å². The van der Waals surface area contributed by atoms with Crippen LogP contribution in [0.1, 0.15) is 19.3 Å². The Labute approximate surface area is 109 Å². The predicted octanol–water partition coefficient (Wildman–Crippen LogP) is -0.000700. The molecule has 2 aliphatic heterocycles. The van der Waals surface area contributed by atoms with Gasteiger partial charge in [-0.25, -0.2) is 0 Å². The van der Waals surface area contributed by atoms with Crippen LogP contribution in [0.25, 0.3) is 0 Å². The summed E-state index contributed by atoms with van der Waals surface area (Å²) >= 11 is 0. The predicted molar refractivity (Wildman–Crippen MR) is 67.5 cm³/mol. The van der Waals surface area contributed by atoms with Crippen molar-refractivity contribution in [2.24, 2.45) is 5.92 Å². The highest BCUT2D eigenvalue weighted by Gasteiger charge is 2.34. The Bertz CT molecular complexity index is 289. The lowest BCUT2D eigenvalue weighted by Gasteiger charge is -2.26. The van der Waals surface area contributed by atoms with Crippen LogP contribution in [-0.2, 0) is 14.2 Å². The van der Waals surface area contributed by atoms with Gasteiger partial charge in [-0.05, 0) is 19.3 Å². The van der Waals surface area contributed by atoms with Gasteiger partial charge in [0.1, 0.15) is 25.7 Å². The van der Waals surface area contributed by atoms with E-state index in [0.717, 1.165) is 45.9 Å². The summed E-state index contributed by atoms with van der Waals surface area (Å²) in [6.07, 6.45) is 8.35. The summed E-state index contributed by atoms with van der Waals surface area (Å²) in [7, 11) is 0. The van der Waals surface area contributed by atoms with Gasteiger partial charge in [-0.15, -0.1) is 0 Å². The van der Waals surface area contributed by atoms with Crippen molar-refractivity contribution in [2.45, 2.75) is 31.7 Å². The first-order chi connectivity index (χ1) is 8.92. The van der Waals surface area contributed by atoms with E-state index in [0.29, 0.717) is 5.92 Å². The Morgan fingerprint density at radius 1 is 1.17 bits per heavy atom. The normalized spacial score (nSPS) is 38.1. The van der Waals surface area contributed by atoms with Gasteiger partial charge in [-0.1, -0.05) is 12.2 Å². The van der Waals surface area contributed by atoms with E-state index < -0.39 is 0 Å². The number of hydrogen-bond donors (Lipinski definition) is 1. The van der Waals surface area contributed by atoms with E-state index >= 15 is 0 Å². The third-order valence-electron chi connectivity index (χ3n) is 4.18. The zero-order valence-corrected chi connectivity index (χ0v) is 11.0. The SMILES string of the molecule is C1=CC[C@H]([C@H]2OC[C@H](C[NH+]3CCOCC3)O2)CC1. The molecule has 0 bridgehead atoms. The third kappa shape index (κ3) is 3.12. The smallest absolute Gasteiger partial charge is 0.161 e. The molecule has 3 rings (SSSR count). The Morgan fingerprint density at radius 2 is 2.06 bits per heavy atom. The van der Waals surface area contributed by atoms with Crippen molar-refractivity contribution in [3.8, 4) is 0 Å². The Morgan fingerprint density at radius 3 is 2.83 bits per heavy atom. The van der Waals surface area contributed by atoms with Gasteiger partial charge in [-0.2, -0.15) is 0 Å². The van der Waals surface area contributed by atoms with Crippen LogP contribution in [0.15, 0.2) is 12.2 Å². The van der Waals surface area contributed by atoms with Gasteiger partial charge in [-0.3, -0.25) is 0 Å². The molecule has 18 heavy (non-hydrogen) atoms. The lowest BCUT2D eigenvalue weighted by atomic mass is 9.94. The van der Waals surface area contributed by atoms with Crippen LogP contribution >= 0.6 is 0 Å². The molecule has 4 heteroatoms. The first kappa shape index (κ1) is 12.6. The number of morpholine rings is 1. The average Bonchev–Trinajstić information content (AvgIpc) is 2.89. The Balaban J connectivity index is 1.44. The second-order valence-corrected chi connectivity index (χ2v) is 5.57. The first-order valence-electron chi connectivity index (χ1n) is 7.25. The topological polar surface area (TPSA) is 32.1 Å². The first-order valence-corrected chi connectivity index (χ1v) is 7.25. The van der Waals surface area contributed by atoms with Crippen molar-refractivity contribution in [2.75, 3.05) is 39.5 Å². The molecule has 0 aromatic heterocycles. The van der Waals surface area contributed by atoms with Crippen molar-refractivity contribution in [3.05, 3.63) is 12.2 Å². The number of quaternary nitrogens is 1. The summed E-state index contributed by atoms with van der Waals surface area (Å²) in [5.41, 5.74) is 0. The lowest BCUT2D eigenvalue weighted by molar-refractivity contribution is -0.910. The molecule has 3 atom stereocenters. The number of rotatable bonds is 3. The van der Waals surface area contributed by atoms with Crippen molar-refractivity contribution < 1.29 is 19.1 Å². The summed E-state index contributed by atoms with van der Waals surface area (Å²) in [4.78, 5) is 1.60. The number of allylic oxidation sites excluding steroid dienone is 2. The molecule has 3 aliphatic rings. The molecule has 102 valence electrons. The van der Waals surface area contributed by atoms with Gasteiger partial charge in [0.25, 0.3) is 0 Å². The van der Waals surface area contributed by atoms with E-state index in [2.05, 4.69) is 12.2 Å². The summed E-state index contributed by atoms with van der Waals surface area (Å²) in [5.74, 6) is 0.569. The highest BCUT2D eigenvalue weighted by molar-refractivity contribution is 4.91. The van der Waals surface area contributed by atoms with Crippen LogP contribution in [0.5, 0.6) is 0 Å². The molecule has 2 heterocycles.